The van der Waals surface area contributed by atoms with Crippen molar-refractivity contribution < 1.29 is 9.72 Å². The summed E-state index contributed by atoms with van der Waals surface area (Å²) in [5.41, 5.74) is -1.41. The van der Waals surface area contributed by atoms with Gasteiger partial charge < -0.3 is 4.90 Å². The van der Waals surface area contributed by atoms with Crippen molar-refractivity contribution in [3.05, 3.63) is 38.3 Å². The Balaban J connectivity index is 2.34. The quantitative estimate of drug-likeness (QED) is 0.618. The zero-order valence-corrected chi connectivity index (χ0v) is 13.1. The van der Waals surface area contributed by atoms with Crippen LogP contribution in [0.2, 0.25) is 0 Å². The number of nitro groups is 1. The summed E-state index contributed by atoms with van der Waals surface area (Å²) < 4.78 is 0.951. The molecule has 2 heterocycles. The highest BCUT2D eigenvalue weighted by molar-refractivity contribution is 5.77. The number of hydrogen-bond donors (Lipinski definition) is 0. The lowest BCUT2D eigenvalue weighted by Crippen LogP contribution is -2.49. The average Bonchev–Trinajstić information content (AvgIpc) is 2.48. The predicted molar refractivity (Wildman–Crippen MR) is 81.7 cm³/mol. The first kappa shape index (κ1) is 16.7. The van der Waals surface area contributed by atoms with Gasteiger partial charge in [0.25, 0.3) is 11.2 Å². The highest BCUT2D eigenvalue weighted by atomic mass is 16.6. The van der Waals surface area contributed by atoms with Crippen molar-refractivity contribution in [2.45, 2.75) is 51.7 Å². The largest absolute Gasteiger partial charge is 0.336 e. The van der Waals surface area contributed by atoms with Gasteiger partial charge in [0.1, 0.15) is 18.2 Å². The van der Waals surface area contributed by atoms with Crippen LogP contribution in [0.15, 0.2) is 17.1 Å². The zero-order chi connectivity index (χ0) is 17.1. The fraction of sp³-hybridized carbons (Fsp3) is 0.533. The molecule has 1 aliphatic rings. The van der Waals surface area contributed by atoms with Gasteiger partial charge in [-0.25, -0.2) is 0 Å². The Hall–Kier alpha value is -2.69. The Kier molecular flexibility index (Phi) is 4.79. The van der Waals surface area contributed by atoms with Crippen LogP contribution in [-0.2, 0) is 11.3 Å². The van der Waals surface area contributed by atoms with Gasteiger partial charge >= 0.3 is 0 Å². The number of nitriles is 1. The molecule has 0 unspecified atom stereocenters. The summed E-state index contributed by atoms with van der Waals surface area (Å²) in [5.74, 6) is -0.267. The van der Waals surface area contributed by atoms with Gasteiger partial charge in [-0.3, -0.25) is 24.3 Å². The molecule has 0 N–H and O–H groups in total. The maximum absolute atomic E-state index is 12.5. The van der Waals surface area contributed by atoms with E-state index < -0.39 is 10.5 Å². The van der Waals surface area contributed by atoms with E-state index in [4.69, 9.17) is 5.26 Å². The molecule has 0 radical (unpaired) electrons. The molecule has 2 atom stereocenters. The van der Waals surface area contributed by atoms with E-state index >= 15 is 0 Å². The van der Waals surface area contributed by atoms with E-state index in [0.717, 1.165) is 36.1 Å². The van der Waals surface area contributed by atoms with E-state index in [0.29, 0.717) is 0 Å². The summed E-state index contributed by atoms with van der Waals surface area (Å²) in [6, 6.07) is 2.70. The van der Waals surface area contributed by atoms with E-state index in [1.54, 1.807) is 11.0 Å². The van der Waals surface area contributed by atoms with Gasteiger partial charge in [-0.05, 0) is 33.1 Å². The van der Waals surface area contributed by atoms with Crippen molar-refractivity contribution in [3.63, 3.8) is 0 Å². The minimum atomic E-state index is -0.691. The van der Waals surface area contributed by atoms with Crippen LogP contribution in [-0.4, -0.2) is 32.4 Å². The minimum absolute atomic E-state index is 0.0658. The summed E-state index contributed by atoms with van der Waals surface area (Å²) in [6.07, 6.45) is 3.84. The lowest BCUT2D eigenvalue weighted by molar-refractivity contribution is -0.385. The second-order valence-corrected chi connectivity index (χ2v) is 5.84. The van der Waals surface area contributed by atoms with Crippen molar-refractivity contribution in [1.29, 1.82) is 5.26 Å². The molecule has 1 saturated heterocycles. The van der Waals surface area contributed by atoms with E-state index in [1.165, 1.54) is 0 Å². The lowest BCUT2D eigenvalue weighted by atomic mass is 9.97. The molecular formula is C15H18N4O4. The Morgan fingerprint density at radius 2 is 2.04 bits per heavy atom. The first-order chi connectivity index (χ1) is 10.8. The third-order valence-corrected chi connectivity index (χ3v) is 4.19. The third kappa shape index (κ3) is 3.39. The molecule has 2 rings (SSSR count). The van der Waals surface area contributed by atoms with Crippen LogP contribution in [0, 0.1) is 21.4 Å². The predicted octanol–water partition coefficient (Wildman–Crippen LogP) is 1.42. The molecule has 1 aromatic rings. The minimum Gasteiger partial charge on any atom is -0.336 e. The molecule has 1 amide bonds. The topological polar surface area (TPSA) is 109 Å². The Morgan fingerprint density at radius 3 is 2.57 bits per heavy atom. The van der Waals surface area contributed by atoms with E-state index in [9.17, 15) is 19.7 Å². The van der Waals surface area contributed by atoms with E-state index in [-0.39, 0.29) is 35.8 Å². The number of carbonyl (C=O) groups is 1. The van der Waals surface area contributed by atoms with Crippen LogP contribution < -0.4 is 5.56 Å². The molecule has 8 heteroatoms. The molecular weight excluding hydrogens is 300 g/mol. The summed E-state index contributed by atoms with van der Waals surface area (Å²) in [4.78, 5) is 36.6. The number of nitrogens with zero attached hydrogens (tertiary/aromatic N) is 4. The Bertz CT molecular complexity index is 724. The number of likely N-dealkylation sites (tertiary alicyclic amines) is 1. The van der Waals surface area contributed by atoms with Gasteiger partial charge in [0, 0.05) is 18.2 Å². The fourth-order valence-electron chi connectivity index (χ4n) is 3.06. The van der Waals surface area contributed by atoms with Crippen molar-refractivity contribution in [1.82, 2.24) is 9.47 Å². The molecule has 1 aromatic heterocycles. The lowest BCUT2D eigenvalue weighted by Gasteiger charge is -2.39. The number of carbonyl (C=O) groups excluding carboxylic acids is 1. The van der Waals surface area contributed by atoms with Gasteiger partial charge in [0.05, 0.1) is 11.1 Å². The van der Waals surface area contributed by atoms with Gasteiger partial charge in [0.2, 0.25) is 5.91 Å². The molecule has 0 bridgehead atoms. The monoisotopic (exact) mass is 318 g/mol. The molecule has 0 aliphatic carbocycles. The van der Waals surface area contributed by atoms with Crippen LogP contribution in [0.4, 0.5) is 5.69 Å². The van der Waals surface area contributed by atoms with Crippen LogP contribution in [0.25, 0.3) is 0 Å². The van der Waals surface area contributed by atoms with Crippen LogP contribution in [0.5, 0.6) is 0 Å². The molecule has 0 spiro atoms. The van der Waals surface area contributed by atoms with Crippen molar-refractivity contribution in [2.24, 2.45) is 0 Å². The third-order valence-electron chi connectivity index (χ3n) is 4.19. The number of piperidine rings is 1. The second kappa shape index (κ2) is 6.60. The first-order valence-electron chi connectivity index (χ1n) is 7.45. The highest BCUT2D eigenvalue weighted by Crippen LogP contribution is 2.23. The smallest absolute Gasteiger partial charge is 0.287 e. The molecule has 1 aliphatic heterocycles. The number of rotatable bonds is 3. The molecule has 0 aromatic carbocycles. The number of pyridine rings is 1. The van der Waals surface area contributed by atoms with E-state index in [2.05, 4.69) is 0 Å². The van der Waals surface area contributed by atoms with Gasteiger partial charge in [-0.1, -0.05) is 0 Å². The molecule has 0 saturated carbocycles. The average molecular weight is 318 g/mol. The fourth-order valence-corrected chi connectivity index (χ4v) is 3.06. The summed E-state index contributed by atoms with van der Waals surface area (Å²) in [6.45, 7) is 3.60. The van der Waals surface area contributed by atoms with Crippen molar-refractivity contribution in [2.75, 3.05) is 0 Å². The SMILES string of the molecule is C[C@@H]1CCC[C@@H](C)N1C(=O)Cn1cc([N+](=O)[O-])cc(C#N)c1=O. The number of amides is 1. The van der Waals surface area contributed by atoms with Crippen LogP contribution >= 0.6 is 0 Å². The standard InChI is InChI=1S/C15H18N4O4/c1-10-4-3-5-11(2)18(10)14(20)9-17-8-13(19(22)23)6-12(7-16)15(17)21/h6,8,10-11H,3-5,9H2,1-2H3/t10-,11-/m1/s1. The van der Waals surface area contributed by atoms with E-state index in [1.807, 2.05) is 13.8 Å². The molecule has 1 fully saturated rings. The van der Waals surface area contributed by atoms with Gasteiger partial charge in [-0.15, -0.1) is 0 Å². The normalized spacial score (nSPS) is 20.8. The Labute approximate surface area is 133 Å². The molecule has 23 heavy (non-hydrogen) atoms. The second-order valence-electron chi connectivity index (χ2n) is 5.84. The number of hydrogen-bond acceptors (Lipinski definition) is 5. The van der Waals surface area contributed by atoms with Crippen LogP contribution in [0.1, 0.15) is 38.7 Å². The molecule has 8 nitrogen and oxygen atoms in total. The van der Waals surface area contributed by atoms with Crippen molar-refractivity contribution >= 4 is 11.6 Å². The number of aromatic nitrogens is 1. The molecule has 122 valence electrons. The van der Waals surface area contributed by atoms with Crippen LogP contribution in [0.3, 0.4) is 0 Å². The van der Waals surface area contributed by atoms with Crippen molar-refractivity contribution in [3.8, 4) is 6.07 Å². The maximum Gasteiger partial charge on any atom is 0.287 e. The maximum atomic E-state index is 12.5. The zero-order valence-electron chi connectivity index (χ0n) is 13.1. The summed E-state index contributed by atoms with van der Waals surface area (Å²) >= 11 is 0. The highest BCUT2D eigenvalue weighted by Gasteiger charge is 2.29. The van der Waals surface area contributed by atoms with Gasteiger partial charge in [0.15, 0.2) is 0 Å². The Morgan fingerprint density at radius 1 is 1.43 bits per heavy atom. The summed E-state index contributed by atoms with van der Waals surface area (Å²) in [7, 11) is 0. The van der Waals surface area contributed by atoms with Gasteiger partial charge in [-0.2, -0.15) is 5.26 Å². The summed E-state index contributed by atoms with van der Waals surface area (Å²) in [5, 5.41) is 19.8. The first-order valence-corrected chi connectivity index (χ1v) is 7.45.